The quantitative estimate of drug-likeness (QED) is 0.0236. The lowest BCUT2D eigenvalue weighted by atomic mass is 9.79. The van der Waals surface area contributed by atoms with Crippen molar-refractivity contribution < 1.29 is 38.6 Å². The van der Waals surface area contributed by atoms with Crippen molar-refractivity contribution in [2.45, 2.75) is 74.8 Å². The number of nitrogens with two attached hydrogens (primary N) is 1. The number of rotatable bonds is 20. The summed E-state index contributed by atoms with van der Waals surface area (Å²) in [6, 6.07) is 51.5. The molecule has 0 saturated carbocycles. The number of hydrogen-bond acceptors (Lipinski definition) is 17. The summed E-state index contributed by atoms with van der Waals surface area (Å²) >= 11 is 0. The standard InChI is InChI=1S/C34H36N6O5.C31H31N5O5.H3N/c1-39(2)21-36-33-37-31-30(32(42)38-33)35-22-40(31)29-18-17-28(45-29)20-44-34(24-7-5-4-6-8-24,25-11-9-23(19-41)10-12-25)26-13-15-27(43-3)16-14-26;1-39-24-13-11-23(12-14-24)31(21-5-3-2-4-6-21,22-9-7-20(17-37)8-10-22)40-18-25-15-16-26(41-25)36-19-33-27-28(36)34-30(32)35-29(27)38;/h4-16,21-22,28-29,41H,17-20H2,1-3H3,(H,37,38,42);2-14,19,25-26,37H,15-18H2,1H3,(H3,32,34,35,38);1H3/t28-,29+,34?;25-,26+,31?;/m00./s1. The zero-order valence-corrected chi connectivity index (χ0v) is 48.7. The van der Waals surface area contributed by atoms with E-state index in [4.69, 9.17) is 34.2 Å². The molecule has 4 aromatic heterocycles. The fraction of sp³-hybridized carbons (Fsp3) is 0.277. The average molecular weight is 1180 g/mol. The van der Waals surface area contributed by atoms with Gasteiger partial charge in [0.25, 0.3) is 11.1 Å². The Morgan fingerprint density at radius 2 is 0.977 bits per heavy atom. The topological polar surface area (TPSA) is 300 Å². The number of fused-ring (bicyclic) bond motifs is 2. The van der Waals surface area contributed by atoms with Gasteiger partial charge in [-0.2, -0.15) is 9.97 Å². The summed E-state index contributed by atoms with van der Waals surface area (Å²) in [5.74, 6) is 1.71. The van der Waals surface area contributed by atoms with Gasteiger partial charge in [0.2, 0.25) is 11.9 Å². The van der Waals surface area contributed by atoms with E-state index in [0.29, 0.717) is 30.7 Å². The van der Waals surface area contributed by atoms with Gasteiger partial charge in [-0.05, 0) is 94.5 Å². The number of anilines is 1. The number of hydrogen-bond donors (Lipinski definition) is 6. The molecule has 9 N–H and O–H groups in total. The Morgan fingerprint density at radius 3 is 1.38 bits per heavy atom. The van der Waals surface area contributed by atoms with Gasteiger partial charge in [-0.1, -0.05) is 133 Å². The molecule has 87 heavy (non-hydrogen) atoms. The molecule has 2 aliphatic heterocycles. The number of ether oxygens (including phenoxy) is 6. The van der Waals surface area contributed by atoms with Gasteiger partial charge in [0.05, 0.1) is 71.8 Å². The number of aromatic amines is 2. The number of aliphatic imine (C=N–C) groups is 1. The highest BCUT2D eigenvalue weighted by Crippen LogP contribution is 2.45. The van der Waals surface area contributed by atoms with Crippen LogP contribution in [0.25, 0.3) is 22.3 Å². The van der Waals surface area contributed by atoms with Crippen LogP contribution in [0.2, 0.25) is 0 Å². The SMILES string of the molecule is COc1ccc(C(OC[C@@H]2CC[C@H](n3cnc4c(=O)[nH]c(N)nc43)O2)(c2ccccc2)c2ccc(CO)cc2)cc1.COc1ccc(C(OC[C@@H]2CC[C@H](n3cnc4c(=O)[nH]c(N=CN(C)C)nc43)O2)(c2ccccc2)c2ccc(CO)cc2)cc1.N. The highest BCUT2D eigenvalue weighted by atomic mass is 16.6. The van der Waals surface area contributed by atoms with Gasteiger partial charge in [-0.3, -0.25) is 28.7 Å². The van der Waals surface area contributed by atoms with Gasteiger partial charge in [0.1, 0.15) is 35.2 Å². The highest BCUT2D eigenvalue weighted by molar-refractivity contribution is 5.72. The van der Waals surface area contributed by atoms with Crippen LogP contribution in [0.1, 0.15) is 82.6 Å². The third-order valence-electron chi connectivity index (χ3n) is 15.5. The van der Waals surface area contributed by atoms with Crippen LogP contribution >= 0.6 is 0 Å². The van der Waals surface area contributed by atoms with Crippen molar-refractivity contribution in [1.29, 1.82) is 0 Å². The van der Waals surface area contributed by atoms with Gasteiger partial charge >= 0.3 is 0 Å². The molecule has 2 saturated heterocycles. The molecule has 450 valence electrons. The molecule has 0 spiro atoms. The second kappa shape index (κ2) is 26.9. The number of aliphatic hydroxyl groups excluding tert-OH is 2. The number of H-pyrrole nitrogens is 2. The lowest BCUT2D eigenvalue weighted by molar-refractivity contribution is -0.0756. The van der Waals surface area contributed by atoms with Crippen LogP contribution in [0.15, 0.2) is 185 Å². The Bertz CT molecular complexity index is 3930. The van der Waals surface area contributed by atoms with Crippen LogP contribution in [0, 0.1) is 0 Å². The zero-order valence-electron chi connectivity index (χ0n) is 48.7. The largest absolute Gasteiger partial charge is 0.497 e. The third-order valence-corrected chi connectivity index (χ3v) is 15.5. The van der Waals surface area contributed by atoms with Crippen molar-refractivity contribution in [3.05, 3.63) is 236 Å². The minimum Gasteiger partial charge on any atom is -0.497 e. The van der Waals surface area contributed by atoms with E-state index < -0.39 is 11.2 Å². The van der Waals surface area contributed by atoms with Gasteiger partial charge < -0.3 is 55.4 Å². The Morgan fingerprint density at radius 1 is 0.586 bits per heavy atom. The number of benzene rings is 6. The van der Waals surface area contributed by atoms with E-state index in [-0.39, 0.29) is 84.7 Å². The van der Waals surface area contributed by atoms with Crippen molar-refractivity contribution in [1.82, 2.24) is 50.1 Å². The number of aromatic nitrogens is 8. The van der Waals surface area contributed by atoms with Crippen LogP contribution in [-0.4, -0.2) is 114 Å². The molecule has 0 radical (unpaired) electrons. The number of nitrogens with one attached hydrogen (secondary N) is 2. The van der Waals surface area contributed by atoms with Crippen LogP contribution in [0.4, 0.5) is 11.9 Å². The molecular weight excluding hydrogens is 1110 g/mol. The minimum absolute atomic E-state index is 0. The number of nitrogens with zero attached hydrogens (tertiary/aromatic N) is 8. The Kier molecular flexibility index (Phi) is 18.8. The molecule has 6 atom stereocenters. The smallest absolute Gasteiger partial charge is 0.280 e. The summed E-state index contributed by atoms with van der Waals surface area (Å²) in [6.45, 7) is 0.487. The van der Waals surface area contributed by atoms with E-state index in [1.165, 1.54) is 0 Å². The van der Waals surface area contributed by atoms with E-state index in [9.17, 15) is 19.8 Å². The number of methoxy groups -OCH3 is 2. The maximum absolute atomic E-state index is 12.7. The fourth-order valence-corrected chi connectivity index (χ4v) is 11.2. The zero-order chi connectivity index (χ0) is 59.8. The van der Waals surface area contributed by atoms with Crippen molar-refractivity contribution in [3.63, 3.8) is 0 Å². The first-order valence-corrected chi connectivity index (χ1v) is 28.2. The van der Waals surface area contributed by atoms with Gasteiger partial charge in [-0.25, -0.2) is 15.0 Å². The molecule has 22 nitrogen and oxygen atoms in total. The molecule has 22 heteroatoms. The predicted molar refractivity (Wildman–Crippen MR) is 329 cm³/mol. The van der Waals surface area contributed by atoms with Crippen LogP contribution in [0.3, 0.4) is 0 Å². The van der Waals surface area contributed by atoms with E-state index in [2.05, 4.69) is 47.0 Å². The summed E-state index contributed by atoms with van der Waals surface area (Å²) in [6.07, 6.45) is 6.38. The van der Waals surface area contributed by atoms with E-state index >= 15 is 0 Å². The molecule has 6 aromatic carbocycles. The summed E-state index contributed by atoms with van der Waals surface area (Å²) in [5, 5.41) is 19.4. The molecule has 12 rings (SSSR count). The second-order valence-electron chi connectivity index (χ2n) is 21.2. The number of aliphatic hydroxyl groups is 2. The third kappa shape index (κ3) is 12.6. The van der Waals surface area contributed by atoms with Crippen molar-refractivity contribution in [3.8, 4) is 11.5 Å². The number of nitrogen functional groups attached to an aromatic ring is 1. The van der Waals surface area contributed by atoms with Crippen molar-refractivity contribution in [2.24, 2.45) is 4.99 Å². The molecule has 0 aliphatic carbocycles. The first-order valence-electron chi connectivity index (χ1n) is 28.2. The van der Waals surface area contributed by atoms with Crippen LogP contribution < -0.4 is 32.5 Å². The van der Waals surface area contributed by atoms with Crippen molar-refractivity contribution in [2.75, 3.05) is 47.3 Å². The summed E-state index contributed by atoms with van der Waals surface area (Å²) < 4.78 is 41.3. The maximum Gasteiger partial charge on any atom is 0.280 e. The lowest BCUT2D eigenvalue weighted by Gasteiger charge is -2.37. The molecule has 2 unspecified atom stereocenters. The average Bonchev–Trinajstić information content (AvgIpc) is 1.92. The predicted octanol–water partition coefficient (Wildman–Crippen LogP) is 8.58. The number of imidazole rings is 2. The molecular formula is C65H70N12O10. The highest BCUT2D eigenvalue weighted by Gasteiger charge is 2.42. The summed E-state index contributed by atoms with van der Waals surface area (Å²) in [4.78, 5) is 53.5. The minimum atomic E-state index is -0.973. The van der Waals surface area contributed by atoms with E-state index in [1.54, 1.807) is 47.2 Å². The maximum atomic E-state index is 12.7. The Labute approximate surface area is 501 Å². The lowest BCUT2D eigenvalue weighted by Crippen LogP contribution is -2.35. The van der Waals surface area contributed by atoms with Gasteiger partial charge in [0, 0.05) is 14.1 Å². The molecule has 0 bridgehead atoms. The first kappa shape index (κ1) is 60.7. The fourth-order valence-electron chi connectivity index (χ4n) is 11.2. The van der Waals surface area contributed by atoms with E-state index in [0.717, 1.165) is 68.8 Å². The van der Waals surface area contributed by atoms with Crippen LogP contribution in [-0.2, 0) is 43.4 Å². The van der Waals surface area contributed by atoms with Crippen LogP contribution in [0.5, 0.6) is 11.5 Å². The molecule has 2 aliphatic rings. The van der Waals surface area contributed by atoms with Crippen molar-refractivity contribution >= 4 is 40.6 Å². The molecule has 10 aromatic rings. The second-order valence-corrected chi connectivity index (χ2v) is 21.2. The molecule has 0 amide bonds. The normalized spacial score (nSPS) is 18.0. The Hall–Kier alpha value is -9.39. The first-order chi connectivity index (χ1) is 41.9. The summed E-state index contributed by atoms with van der Waals surface area (Å²) in [5.41, 5.74) is 11.6. The van der Waals surface area contributed by atoms with Gasteiger partial charge in [0.15, 0.2) is 22.3 Å². The molecule has 2 fully saturated rings. The van der Waals surface area contributed by atoms with E-state index in [1.807, 2.05) is 160 Å². The Balaban J connectivity index is 0.000000191. The van der Waals surface area contributed by atoms with Gasteiger partial charge in [-0.15, -0.1) is 0 Å². The summed E-state index contributed by atoms with van der Waals surface area (Å²) in [7, 11) is 6.96. The molecule has 6 heterocycles. The monoisotopic (exact) mass is 1180 g/mol.